The number of hydrogen-bond donors (Lipinski definition) is 7. The van der Waals surface area contributed by atoms with E-state index in [2.05, 4.69) is 29.4 Å². The third-order valence-corrected chi connectivity index (χ3v) is 9.50. The van der Waals surface area contributed by atoms with Crippen molar-refractivity contribution < 1.29 is 57.0 Å². The maximum Gasteiger partial charge on any atom is 0.397 e. The van der Waals surface area contributed by atoms with Gasteiger partial charge in [0.2, 0.25) is 5.91 Å². The molecule has 1 rings (SSSR count). The molecule has 8 unspecified atom stereocenters. The highest BCUT2D eigenvalue weighted by Crippen LogP contribution is 2.26. The lowest BCUT2D eigenvalue weighted by atomic mass is 9.99. The minimum Gasteiger partial charge on any atom is -0.394 e. The van der Waals surface area contributed by atoms with Crippen LogP contribution in [0.5, 0.6) is 0 Å². The van der Waals surface area contributed by atoms with Crippen LogP contribution in [0, 0.1) is 0 Å². The van der Waals surface area contributed by atoms with Gasteiger partial charge >= 0.3 is 10.4 Å². The van der Waals surface area contributed by atoms with E-state index in [-0.39, 0.29) is 6.42 Å². The number of aliphatic hydroxyl groups excluding tert-OH is 5. The molecule has 0 saturated carbocycles. The Labute approximate surface area is 312 Å². The topological polar surface area (TPSA) is 212 Å². The zero-order chi connectivity index (χ0) is 38.6. The lowest BCUT2D eigenvalue weighted by Crippen LogP contribution is -2.61. The fourth-order valence-electron chi connectivity index (χ4n) is 5.85. The van der Waals surface area contributed by atoms with E-state index < -0.39 is 78.5 Å². The van der Waals surface area contributed by atoms with E-state index in [0.717, 1.165) is 32.1 Å². The number of amides is 1. The average Bonchev–Trinajstić information content (AvgIpc) is 3.11. The summed E-state index contributed by atoms with van der Waals surface area (Å²) in [5, 5.41) is 54.7. The average molecular weight is 764 g/mol. The molecule has 0 aromatic carbocycles. The highest BCUT2D eigenvalue weighted by Gasteiger charge is 2.48. The highest BCUT2D eigenvalue weighted by atomic mass is 32.3. The molecule has 0 spiro atoms. The fourth-order valence-corrected chi connectivity index (χ4v) is 6.36. The molecule has 1 aliphatic rings. The summed E-state index contributed by atoms with van der Waals surface area (Å²) in [7, 11) is -5.12. The van der Waals surface area contributed by atoms with Gasteiger partial charge in [-0.05, 0) is 32.1 Å². The van der Waals surface area contributed by atoms with Gasteiger partial charge in [0, 0.05) is 6.42 Å². The van der Waals surface area contributed by atoms with Crippen molar-refractivity contribution in [3.05, 3.63) is 36.5 Å². The van der Waals surface area contributed by atoms with Crippen LogP contribution in [-0.4, -0.2) is 107 Å². The predicted molar refractivity (Wildman–Crippen MR) is 201 cm³/mol. The standard InChI is InChI=1S/C38H69NO12S/c1-3-5-7-9-11-13-15-17-19-21-23-25-27-32(42)37(45)39-30(31(41)26-24-22-20-18-16-14-12-10-8-6-4-2)29-49-38-35(44)36(51-52(46,47)48)34(43)33(28-40)50-38/h17,19,23-26,30-36,38,40-44H,3-16,18,20-22,27-29H2,1-2H3,(H,39,45)(H,46,47,48)/b19-17-,25-23-,26-24+. The largest absolute Gasteiger partial charge is 0.397 e. The number of carbonyl (C=O) groups excluding carboxylic acids is 1. The van der Waals surface area contributed by atoms with Gasteiger partial charge in [0.05, 0.1) is 25.4 Å². The van der Waals surface area contributed by atoms with Crippen LogP contribution >= 0.6 is 0 Å². The van der Waals surface area contributed by atoms with Gasteiger partial charge in [0.25, 0.3) is 0 Å². The number of nitrogens with one attached hydrogen (secondary N) is 1. The molecule has 0 radical (unpaired) electrons. The van der Waals surface area contributed by atoms with E-state index in [1.54, 1.807) is 12.2 Å². The molecule has 1 saturated heterocycles. The van der Waals surface area contributed by atoms with E-state index in [1.165, 1.54) is 76.7 Å². The van der Waals surface area contributed by atoms with Crippen molar-refractivity contribution >= 4 is 16.3 Å². The molecule has 0 bridgehead atoms. The Morgan fingerprint density at radius 1 is 0.788 bits per heavy atom. The number of ether oxygens (including phenoxy) is 2. The molecule has 304 valence electrons. The lowest BCUT2D eigenvalue weighted by Gasteiger charge is -2.41. The van der Waals surface area contributed by atoms with Crippen LogP contribution in [0.15, 0.2) is 36.5 Å². The van der Waals surface area contributed by atoms with Gasteiger partial charge in [0.1, 0.15) is 30.5 Å². The van der Waals surface area contributed by atoms with Crippen molar-refractivity contribution in [2.75, 3.05) is 13.2 Å². The van der Waals surface area contributed by atoms with Gasteiger partial charge in [-0.2, -0.15) is 8.42 Å². The number of unbranched alkanes of at least 4 members (excludes halogenated alkanes) is 15. The van der Waals surface area contributed by atoms with Crippen LogP contribution in [0.25, 0.3) is 0 Å². The first-order chi connectivity index (χ1) is 24.9. The molecule has 14 heteroatoms. The van der Waals surface area contributed by atoms with Gasteiger partial charge in [-0.25, -0.2) is 4.18 Å². The number of hydrogen-bond acceptors (Lipinski definition) is 11. The Balaban J connectivity index is 2.77. The van der Waals surface area contributed by atoms with Crippen molar-refractivity contribution in [2.24, 2.45) is 0 Å². The van der Waals surface area contributed by atoms with Gasteiger partial charge < -0.3 is 40.3 Å². The molecule has 1 heterocycles. The van der Waals surface area contributed by atoms with Crippen molar-refractivity contribution in [2.45, 2.75) is 185 Å². The Kier molecular flexibility index (Phi) is 27.5. The molecule has 1 fully saturated rings. The molecule has 1 aliphatic heterocycles. The second-order valence-corrected chi connectivity index (χ2v) is 14.7. The molecule has 52 heavy (non-hydrogen) atoms. The predicted octanol–water partition coefficient (Wildman–Crippen LogP) is 4.96. The normalized spacial score (nSPS) is 23.1. The summed E-state index contributed by atoms with van der Waals surface area (Å²) in [6.07, 6.45) is 19.9. The first kappa shape index (κ1) is 48.3. The first-order valence-electron chi connectivity index (χ1n) is 19.5. The second kappa shape index (κ2) is 29.6. The molecule has 1 amide bonds. The van der Waals surface area contributed by atoms with Gasteiger partial charge in [0.15, 0.2) is 6.29 Å². The number of rotatable bonds is 31. The van der Waals surface area contributed by atoms with Gasteiger partial charge in [-0.3, -0.25) is 9.35 Å². The van der Waals surface area contributed by atoms with E-state index in [0.29, 0.717) is 12.8 Å². The quantitative estimate of drug-likeness (QED) is 0.0284. The van der Waals surface area contributed by atoms with Crippen LogP contribution in [0.1, 0.15) is 136 Å². The van der Waals surface area contributed by atoms with E-state index in [1.807, 2.05) is 12.2 Å². The summed E-state index contributed by atoms with van der Waals surface area (Å²) >= 11 is 0. The summed E-state index contributed by atoms with van der Waals surface area (Å²) in [5.41, 5.74) is 0. The second-order valence-electron chi connectivity index (χ2n) is 13.7. The molecule has 7 N–H and O–H groups in total. The van der Waals surface area contributed by atoms with Crippen LogP contribution in [0.2, 0.25) is 0 Å². The minimum absolute atomic E-state index is 0.0321. The summed E-state index contributed by atoms with van der Waals surface area (Å²) in [6.45, 7) is 3.10. The number of carbonyl (C=O) groups is 1. The van der Waals surface area contributed by atoms with Crippen LogP contribution in [0.4, 0.5) is 0 Å². The van der Waals surface area contributed by atoms with Crippen molar-refractivity contribution in [1.82, 2.24) is 5.32 Å². The SMILES string of the molecule is CCCCCCCC/C=C\C/C=C\CC(O)C(=O)NC(COC1OC(CO)C(O)C(OS(=O)(=O)O)C1O)C(O)/C=C/CCCCCCCCCCC. The number of allylic oxidation sites excluding steroid dienone is 4. The fraction of sp³-hybridized carbons (Fsp3) is 0.816. The molecule has 8 atom stereocenters. The molecular weight excluding hydrogens is 694 g/mol. The zero-order valence-electron chi connectivity index (χ0n) is 31.5. The molecule has 0 aromatic heterocycles. The molecular formula is C38H69NO12S. The first-order valence-corrected chi connectivity index (χ1v) is 20.8. The summed E-state index contributed by atoms with van der Waals surface area (Å²) < 4.78 is 47.2. The lowest BCUT2D eigenvalue weighted by molar-refractivity contribution is -0.298. The van der Waals surface area contributed by atoms with Crippen molar-refractivity contribution in [1.29, 1.82) is 0 Å². The van der Waals surface area contributed by atoms with E-state index in [4.69, 9.17) is 14.0 Å². The Hall–Kier alpha value is -1.72. The highest BCUT2D eigenvalue weighted by molar-refractivity contribution is 7.80. The Morgan fingerprint density at radius 2 is 1.33 bits per heavy atom. The van der Waals surface area contributed by atoms with Gasteiger partial charge in [-0.15, -0.1) is 0 Å². The summed E-state index contributed by atoms with van der Waals surface area (Å²) in [4.78, 5) is 13.0. The third-order valence-electron chi connectivity index (χ3n) is 9.03. The molecule has 13 nitrogen and oxygen atoms in total. The summed E-state index contributed by atoms with van der Waals surface area (Å²) in [5.74, 6) is -0.774. The van der Waals surface area contributed by atoms with Crippen LogP contribution < -0.4 is 5.32 Å². The Morgan fingerprint density at radius 3 is 1.88 bits per heavy atom. The molecule has 0 aromatic rings. The van der Waals surface area contributed by atoms with Crippen LogP contribution in [0.3, 0.4) is 0 Å². The number of aliphatic hydroxyl groups is 5. The minimum atomic E-state index is -5.12. The van der Waals surface area contributed by atoms with Crippen molar-refractivity contribution in [3.63, 3.8) is 0 Å². The maximum atomic E-state index is 13.0. The molecule has 0 aliphatic carbocycles. The third kappa shape index (κ3) is 22.5. The van der Waals surface area contributed by atoms with E-state index in [9.17, 15) is 38.7 Å². The van der Waals surface area contributed by atoms with E-state index >= 15 is 0 Å². The van der Waals surface area contributed by atoms with Gasteiger partial charge in [-0.1, -0.05) is 134 Å². The zero-order valence-corrected chi connectivity index (χ0v) is 32.3. The van der Waals surface area contributed by atoms with Crippen LogP contribution in [-0.2, 0) is 28.9 Å². The Bertz CT molecular complexity index is 1100. The smallest absolute Gasteiger partial charge is 0.394 e. The summed E-state index contributed by atoms with van der Waals surface area (Å²) in [6, 6.07) is -1.15. The monoisotopic (exact) mass is 763 g/mol. The van der Waals surface area contributed by atoms with Crippen molar-refractivity contribution in [3.8, 4) is 0 Å². The maximum absolute atomic E-state index is 13.0.